The summed E-state index contributed by atoms with van der Waals surface area (Å²) in [5.41, 5.74) is 2.31. The van der Waals surface area contributed by atoms with Gasteiger partial charge in [0.15, 0.2) is 5.69 Å². The third-order valence-corrected chi connectivity index (χ3v) is 4.13. The lowest BCUT2D eigenvalue weighted by atomic mass is 10.1. The van der Waals surface area contributed by atoms with Gasteiger partial charge in [0.1, 0.15) is 18.8 Å². The van der Waals surface area contributed by atoms with E-state index in [-0.39, 0.29) is 24.2 Å². The molecule has 0 radical (unpaired) electrons. The van der Waals surface area contributed by atoms with Crippen LogP contribution < -0.4 is 0 Å². The number of carbonyl (C=O) groups excluding carboxylic acids is 1. The van der Waals surface area contributed by atoms with E-state index in [1.54, 1.807) is 0 Å². The second kappa shape index (κ2) is 5.73. The van der Waals surface area contributed by atoms with Crippen molar-refractivity contribution in [1.29, 1.82) is 0 Å². The number of hydrogen-bond donors (Lipinski definition) is 1. The number of benzene rings is 1. The maximum Gasteiger partial charge on any atom is 0.299 e. The van der Waals surface area contributed by atoms with Crippen molar-refractivity contribution in [2.24, 2.45) is 0 Å². The van der Waals surface area contributed by atoms with Crippen molar-refractivity contribution >= 4 is 5.91 Å². The molecule has 1 fully saturated rings. The Morgan fingerprint density at radius 3 is 2.87 bits per heavy atom. The number of hydrogen-bond acceptors (Lipinski definition) is 6. The van der Waals surface area contributed by atoms with Crippen LogP contribution in [-0.2, 0) is 22.7 Å². The molecule has 8 nitrogen and oxygen atoms in total. The standard InChI is InChI=1S/C15H16N4O4/c20-14-9-22-8-13(14)18-6-12(16-17-18)15(21)19-5-10-3-1-2-4-11(10)7-23-19/h1-4,6,13-14,20H,5,7-9H2/t13-,14-/m1/s1. The summed E-state index contributed by atoms with van der Waals surface area (Å²) in [6.45, 7) is 1.34. The number of carbonyl (C=O) groups is 1. The van der Waals surface area contributed by atoms with Crippen LogP contribution >= 0.6 is 0 Å². The number of amides is 1. The highest BCUT2D eigenvalue weighted by molar-refractivity contribution is 5.91. The molecule has 3 heterocycles. The van der Waals surface area contributed by atoms with E-state index in [0.29, 0.717) is 19.8 Å². The van der Waals surface area contributed by atoms with Gasteiger partial charge in [-0.2, -0.15) is 0 Å². The lowest BCUT2D eigenvalue weighted by molar-refractivity contribution is -0.150. The maximum absolute atomic E-state index is 12.5. The number of ether oxygens (including phenoxy) is 1. The molecule has 8 heteroatoms. The fourth-order valence-electron chi connectivity index (χ4n) is 2.78. The molecule has 1 saturated heterocycles. The molecule has 0 spiro atoms. The van der Waals surface area contributed by atoms with Crippen LogP contribution in [0, 0.1) is 0 Å². The van der Waals surface area contributed by atoms with E-state index in [9.17, 15) is 9.90 Å². The lowest BCUT2D eigenvalue weighted by Gasteiger charge is -2.27. The monoisotopic (exact) mass is 316 g/mol. The van der Waals surface area contributed by atoms with Crippen LogP contribution in [0.1, 0.15) is 27.7 Å². The van der Waals surface area contributed by atoms with Crippen molar-refractivity contribution in [3.05, 3.63) is 47.3 Å². The highest BCUT2D eigenvalue weighted by Gasteiger charge is 2.31. The molecule has 2 aromatic rings. The number of aromatic nitrogens is 3. The van der Waals surface area contributed by atoms with Gasteiger partial charge in [-0.15, -0.1) is 5.10 Å². The van der Waals surface area contributed by atoms with E-state index in [1.807, 2.05) is 24.3 Å². The average molecular weight is 316 g/mol. The van der Waals surface area contributed by atoms with E-state index in [0.717, 1.165) is 11.1 Å². The Morgan fingerprint density at radius 1 is 1.26 bits per heavy atom. The van der Waals surface area contributed by atoms with Crippen molar-refractivity contribution in [3.63, 3.8) is 0 Å². The minimum atomic E-state index is -0.641. The third kappa shape index (κ3) is 2.61. The molecule has 23 heavy (non-hydrogen) atoms. The normalized spacial score (nSPS) is 23.8. The first-order chi connectivity index (χ1) is 11.2. The van der Waals surface area contributed by atoms with Gasteiger partial charge >= 0.3 is 0 Å². The van der Waals surface area contributed by atoms with Gasteiger partial charge in [-0.1, -0.05) is 29.5 Å². The zero-order valence-electron chi connectivity index (χ0n) is 12.3. The number of fused-ring (bicyclic) bond motifs is 1. The summed E-state index contributed by atoms with van der Waals surface area (Å²) in [6.07, 6.45) is 0.882. The van der Waals surface area contributed by atoms with Crippen LogP contribution in [0.15, 0.2) is 30.5 Å². The molecule has 1 aromatic heterocycles. The number of aliphatic hydroxyl groups is 1. The van der Waals surface area contributed by atoms with Crippen LogP contribution in [0.3, 0.4) is 0 Å². The number of hydroxylamine groups is 2. The third-order valence-electron chi connectivity index (χ3n) is 4.13. The van der Waals surface area contributed by atoms with E-state index < -0.39 is 6.10 Å². The van der Waals surface area contributed by atoms with E-state index >= 15 is 0 Å². The Labute approximate surface area is 132 Å². The zero-order valence-corrected chi connectivity index (χ0v) is 12.3. The molecule has 0 bridgehead atoms. The number of aliphatic hydroxyl groups excluding tert-OH is 1. The molecule has 0 saturated carbocycles. The van der Waals surface area contributed by atoms with Crippen LogP contribution in [-0.4, -0.2) is 50.4 Å². The zero-order chi connectivity index (χ0) is 15.8. The lowest BCUT2D eigenvalue weighted by Crippen LogP contribution is -2.34. The predicted octanol–water partition coefficient (Wildman–Crippen LogP) is 0.298. The largest absolute Gasteiger partial charge is 0.388 e. The number of nitrogens with zero attached hydrogens (tertiary/aromatic N) is 4. The summed E-state index contributed by atoms with van der Waals surface area (Å²) < 4.78 is 6.67. The minimum Gasteiger partial charge on any atom is -0.388 e. The molecule has 1 aromatic carbocycles. The summed E-state index contributed by atoms with van der Waals surface area (Å²) in [7, 11) is 0. The first-order valence-electron chi connectivity index (χ1n) is 7.41. The molecule has 2 aliphatic rings. The second-order valence-corrected chi connectivity index (χ2v) is 5.64. The first kappa shape index (κ1) is 14.3. The summed E-state index contributed by atoms with van der Waals surface area (Å²) >= 11 is 0. The molecule has 4 rings (SSSR count). The molecule has 1 amide bonds. The Bertz CT molecular complexity index is 732. The Balaban J connectivity index is 1.51. The van der Waals surface area contributed by atoms with Crippen LogP contribution in [0.25, 0.3) is 0 Å². The van der Waals surface area contributed by atoms with Gasteiger partial charge in [0.2, 0.25) is 0 Å². The van der Waals surface area contributed by atoms with Gasteiger partial charge in [-0.25, -0.2) is 9.75 Å². The van der Waals surface area contributed by atoms with Crippen molar-refractivity contribution in [1.82, 2.24) is 20.1 Å². The van der Waals surface area contributed by atoms with E-state index in [4.69, 9.17) is 9.57 Å². The first-order valence-corrected chi connectivity index (χ1v) is 7.41. The summed E-state index contributed by atoms with van der Waals surface area (Å²) in [4.78, 5) is 18.0. The average Bonchev–Trinajstić information content (AvgIpc) is 3.22. The van der Waals surface area contributed by atoms with Gasteiger partial charge in [0.25, 0.3) is 5.91 Å². The van der Waals surface area contributed by atoms with Gasteiger partial charge < -0.3 is 9.84 Å². The Kier molecular flexibility index (Phi) is 3.56. The smallest absolute Gasteiger partial charge is 0.299 e. The second-order valence-electron chi connectivity index (χ2n) is 5.64. The number of rotatable bonds is 2. The van der Waals surface area contributed by atoms with Gasteiger partial charge in [0.05, 0.1) is 26.0 Å². The van der Waals surface area contributed by atoms with Crippen molar-refractivity contribution < 1.29 is 19.5 Å². The van der Waals surface area contributed by atoms with Crippen molar-refractivity contribution in [3.8, 4) is 0 Å². The van der Waals surface area contributed by atoms with E-state index in [2.05, 4.69) is 10.3 Å². The van der Waals surface area contributed by atoms with Crippen LogP contribution in [0.4, 0.5) is 0 Å². The van der Waals surface area contributed by atoms with E-state index in [1.165, 1.54) is 15.9 Å². The highest BCUT2D eigenvalue weighted by atomic mass is 16.7. The highest BCUT2D eigenvalue weighted by Crippen LogP contribution is 2.22. The van der Waals surface area contributed by atoms with Crippen LogP contribution in [0.2, 0.25) is 0 Å². The minimum absolute atomic E-state index is 0.184. The van der Waals surface area contributed by atoms with Gasteiger partial charge in [-0.05, 0) is 11.1 Å². The predicted molar refractivity (Wildman–Crippen MR) is 77.0 cm³/mol. The molecule has 2 aliphatic heterocycles. The summed E-state index contributed by atoms with van der Waals surface area (Å²) in [5.74, 6) is -0.348. The SMILES string of the molecule is O=C(c1cn([C@@H]2COC[C@H]2O)nn1)N1Cc2ccccc2CO1. The quantitative estimate of drug-likeness (QED) is 0.857. The molecule has 2 atom stereocenters. The molecule has 1 N–H and O–H groups in total. The van der Waals surface area contributed by atoms with Crippen molar-refractivity contribution in [2.45, 2.75) is 25.3 Å². The van der Waals surface area contributed by atoms with Gasteiger partial charge in [-0.3, -0.25) is 9.63 Å². The fraction of sp³-hybridized carbons (Fsp3) is 0.400. The van der Waals surface area contributed by atoms with Gasteiger partial charge in [0, 0.05) is 0 Å². The Hall–Kier alpha value is -2.29. The molecular formula is C15H16N4O4. The Morgan fingerprint density at radius 2 is 2.09 bits per heavy atom. The maximum atomic E-state index is 12.5. The molecule has 0 aliphatic carbocycles. The van der Waals surface area contributed by atoms with Crippen molar-refractivity contribution in [2.75, 3.05) is 13.2 Å². The van der Waals surface area contributed by atoms with Crippen LogP contribution in [0.5, 0.6) is 0 Å². The topological polar surface area (TPSA) is 89.7 Å². The summed E-state index contributed by atoms with van der Waals surface area (Å²) in [5, 5.41) is 18.9. The molecular weight excluding hydrogens is 300 g/mol. The fourth-order valence-corrected chi connectivity index (χ4v) is 2.78. The molecule has 120 valence electrons. The summed E-state index contributed by atoms with van der Waals surface area (Å²) in [6, 6.07) is 7.52. The molecule has 0 unspecified atom stereocenters.